The molecule has 0 unspecified atom stereocenters. The van der Waals surface area contributed by atoms with Gasteiger partial charge in [0, 0.05) is 23.9 Å². The molecular weight excluding hydrogens is 318 g/mol. The number of ether oxygens (including phenoxy) is 4. The largest absolute Gasteiger partial charge is 0.493 e. The van der Waals surface area contributed by atoms with Gasteiger partial charge in [-0.2, -0.15) is 0 Å². The van der Waals surface area contributed by atoms with E-state index in [4.69, 9.17) is 18.9 Å². The van der Waals surface area contributed by atoms with Crippen LogP contribution >= 0.6 is 0 Å². The van der Waals surface area contributed by atoms with Crippen molar-refractivity contribution in [3.05, 3.63) is 42.0 Å². The van der Waals surface area contributed by atoms with E-state index < -0.39 is 0 Å². The second-order valence-corrected chi connectivity index (χ2v) is 6.20. The number of hydrogen-bond donors (Lipinski definition) is 0. The zero-order valence-electron chi connectivity index (χ0n) is 15.4. The lowest BCUT2D eigenvalue weighted by atomic mass is 9.83. The summed E-state index contributed by atoms with van der Waals surface area (Å²) in [6.45, 7) is 3.22. The van der Waals surface area contributed by atoms with Crippen molar-refractivity contribution in [3.63, 3.8) is 0 Å². The molecule has 0 aromatic heterocycles. The summed E-state index contributed by atoms with van der Waals surface area (Å²) in [4.78, 5) is 2.35. The van der Waals surface area contributed by atoms with Gasteiger partial charge in [0.1, 0.15) is 0 Å². The van der Waals surface area contributed by atoms with E-state index in [2.05, 4.69) is 24.0 Å². The first-order valence-electron chi connectivity index (χ1n) is 8.34. The van der Waals surface area contributed by atoms with Gasteiger partial charge in [0.2, 0.25) is 0 Å². The predicted octanol–water partition coefficient (Wildman–Crippen LogP) is 3.92. The van der Waals surface area contributed by atoms with Gasteiger partial charge in [0.15, 0.2) is 23.0 Å². The highest BCUT2D eigenvalue weighted by Gasteiger charge is 2.39. The molecule has 0 N–H and O–H groups in total. The van der Waals surface area contributed by atoms with Crippen LogP contribution in [-0.2, 0) is 0 Å². The normalized spacial score (nSPS) is 19.2. The average Bonchev–Trinajstić information content (AvgIpc) is 2.65. The SMILES string of the molecule is COc1ccc(N2C[C@@H](C)[C@H]2c2cccc(OC)c2OC)cc1OC. The molecule has 3 rings (SSSR count). The molecule has 0 saturated carbocycles. The fraction of sp³-hybridized carbons (Fsp3) is 0.400. The molecule has 1 saturated heterocycles. The monoisotopic (exact) mass is 343 g/mol. The maximum Gasteiger partial charge on any atom is 0.165 e. The molecule has 2 atom stereocenters. The third-order valence-corrected chi connectivity index (χ3v) is 4.81. The third kappa shape index (κ3) is 2.95. The van der Waals surface area contributed by atoms with Gasteiger partial charge in [-0.05, 0) is 24.1 Å². The van der Waals surface area contributed by atoms with Gasteiger partial charge in [-0.15, -0.1) is 0 Å². The number of para-hydroxylation sites is 1. The number of hydrogen-bond acceptors (Lipinski definition) is 5. The van der Waals surface area contributed by atoms with E-state index in [9.17, 15) is 0 Å². The third-order valence-electron chi connectivity index (χ3n) is 4.81. The first-order valence-corrected chi connectivity index (χ1v) is 8.34. The van der Waals surface area contributed by atoms with Crippen molar-refractivity contribution in [2.75, 3.05) is 39.9 Å². The Balaban J connectivity index is 1.98. The highest BCUT2D eigenvalue weighted by molar-refractivity contribution is 5.61. The minimum absolute atomic E-state index is 0.225. The molecule has 0 amide bonds. The van der Waals surface area contributed by atoms with Crippen molar-refractivity contribution >= 4 is 5.69 Å². The smallest absolute Gasteiger partial charge is 0.165 e. The Bertz CT molecular complexity index is 746. The number of benzene rings is 2. The van der Waals surface area contributed by atoms with Crippen LogP contribution in [0.15, 0.2) is 36.4 Å². The van der Waals surface area contributed by atoms with Gasteiger partial charge < -0.3 is 23.8 Å². The van der Waals surface area contributed by atoms with Gasteiger partial charge >= 0.3 is 0 Å². The Morgan fingerprint density at radius 3 is 2.16 bits per heavy atom. The summed E-state index contributed by atoms with van der Waals surface area (Å²) < 4.78 is 21.9. The summed E-state index contributed by atoms with van der Waals surface area (Å²) in [6, 6.07) is 12.3. The number of nitrogens with zero attached hydrogens (tertiary/aromatic N) is 1. The van der Waals surface area contributed by atoms with Gasteiger partial charge in [0.25, 0.3) is 0 Å². The first-order chi connectivity index (χ1) is 12.1. The molecule has 1 aliphatic heterocycles. The summed E-state index contributed by atoms with van der Waals surface area (Å²) in [5.41, 5.74) is 2.24. The van der Waals surface area contributed by atoms with E-state index in [1.165, 1.54) is 0 Å². The Hall–Kier alpha value is -2.56. The average molecular weight is 343 g/mol. The summed E-state index contributed by atoms with van der Waals surface area (Å²) in [5.74, 6) is 3.53. The van der Waals surface area contributed by atoms with Gasteiger partial charge in [-0.25, -0.2) is 0 Å². The lowest BCUT2D eigenvalue weighted by Crippen LogP contribution is -2.48. The molecule has 0 bridgehead atoms. The van der Waals surface area contributed by atoms with Crippen molar-refractivity contribution < 1.29 is 18.9 Å². The van der Waals surface area contributed by atoms with E-state index in [1.807, 2.05) is 24.3 Å². The Kier molecular flexibility index (Phi) is 4.93. The van der Waals surface area contributed by atoms with Crippen LogP contribution in [0.1, 0.15) is 18.5 Å². The molecule has 1 fully saturated rings. The van der Waals surface area contributed by atoms with E-state index in [-0.39, 0.29) is 6.04 Å². The van der Waals surface area contributed by atoms with E-state index in [1.54, 1.807) is 28.4 Å². The zero-order chi connectivity index (χ0) is 18.0. The molecule has 1 aliphatic rings. The second-order valence-electron chi connectivity index (χ2n) is 6.20. The number of rotatable bonds is 6. The first kappa shape index (κ1) is 17.3. The lowest BCUT2D eigenvalue weighted by Gasteiger charge is -2.49. The molecule has 5 heteroatoms. The molecule has 2 aromatic carbocycles. The standard InChI is InChI=1S/C20H25NO4/c1-13-12-21(14-9-10-16(22-2)18(11-14)24-4)19(13)15-7-6-8-17(23-3)20(15)25-5/h6-11,13,19H,12H2,1-5H3/t13-,19+/m1/s1. The lowest BCUT2D eigenvalue weighted by molar-refractivity contribution is 0.300. The fourth-order valence-electron chi connectivity index (χ4n) is 3.58. The maximum absolute atomic E-state index is 5.64. The molecule has 1 heterocycles. The molecule has 0 radical (unpaired) electrons. The van der Waals surface area contributed by atoms with E-state index >= 15 is 0 Å². The number of methoxy groups -OCH3 is 4. The van der Waals surface area contributed by atoms with Gasteiger partial charge in [-0.3, -0.25) is 0 Å². The summed E-state index contributed by atoms with van der Waals surface area (Å²) >= 11 is 0. The van der Waals surface area contributed by atoms with Crippen molar-refractivity contribution in [2.24, 2.45) is 5.92 Å². The topological polar surface area (TPSA) is 40.2 Å². The van der Waals surface area contributed by atoms with Crippen LogP contribution in [0.2, 0.25) is 0 Å². The van der Waals surface area contributed by atoms with Crippen LogP contribution in [0.25, 0.3) is 0 Å². The summed E-state index contributed by atoms with van der Waals surface area (Å²) in [7, 11) is 6.65. The quantitative estimate of drug-likeness (QED) is 0.795. The van der Waals surface area contributed by atoms with Crippen LogP contribution in [0.5, 0.6) is 23.0 Å². The molecule has 134 valence electrons. The van der Waals surface area contributed by atoms with Crippen molar-refractivity contribution in [2.45, 2.75) is 13.0 Å². The Morgan fingerprint density at radius 2 is 1.56 bits per heavy atom. The van der Waals surface area contributed by atoms with Crippen LogP contribution in [0.3, 0.4) is 0 Å². The molecule has 2 aromatic rings. The van der Waals surface area contributed by atoms with Crippen molar-refractivity contribution in [1.29, 1.82) is 0 Å². The molecule has 0 spiro atoms. The van der Waals surface area contributed by atoms with Crippen molar-refractivity contribution in [1.82, 2.24) is 0 Å². The minimum atomic E-state index is 0.225. The zero-order valence-corrected chi connectivity index (χ0v) is 15.4. The summed E-state index contributed by atoms with van der Waals surface area (Å²) in [6.07, 6.45) is 0. The highest BCUT2D eigenvalue weighted by Crippen LogP contribution is 2.48. The van der Waals surface area contributed by atoms with E-state index in [0.29, 0.717) is 5.92 Å². The second kappa shape index (κ2) is 7.13. The van der Waals surface area contributed by atoms with E-state index in [0.717, 1.165) is 40.8 Å². The molecular formula is C20H25NO4. The van der Waals surface area contributed by atoms with Crippen LogP contribution < -0.4 is 23.8 Å². The maximum atomic E-state index is 5.64. The van der Waals surface area contributed by atoms with Gasteiger partial charge in [-0.1, -0.05) is 19.1 Å². The Morgan fingerprint density at radius 1 is 0.840 bits per heavy atom. The van der Waals surface area contributed by atoms with Crippen LogP contribution in [0.4, 0.5) is 5.69 Å². The fourth-order valence-corrected chi connectivity index (χ4v) is 3.58. The molecule has 0 aliphatic carbocycles. The molecule has 25 heavy (non-hydrogen) atoms. The number of anilines is 1. The minimum Gasteiger partial charge on any atom is -0.493 e. The van der Waals surface area contributed by atoms with Crippen LogP contribution in [0, 0.1) is 5.92 Å². The van der Waals surface area contributed by atoms with Gasteiger partial charge in [0.05, 0.1) is 34.5 Å². The molecule has 5 nitrogen and oxygen atoms in total. The highest BCUT2D eigenvalue weighted by atomic mass is 16.5. The Labute approximate surface area is 149 Å². The predicted molar refractivity (Wildman–Crippen MR) is 98.3 cm³/mol. The summed E-state index contributed by atoms with van der Waals surface area (Å²) in [5, 5.41) is 0. The van der Waals surface area contributed by atoms with Crippen LogP contribution in [-0.4, -0.2) is 35.0 Å². The van der Waals surface area contributed by atoms with Crippen molar-refractivity contribution in [3.8, 4) is 23.0 Å².